The molecule has 33 heavy (non-hydrogen) atoms. The van der Waals surface area contributed by atoms with Crippen molar-refractivity contribution in [2.24, 2.45) is 5.92 Å². The minimum Gasteiger partial charge on any atom is -0.334 e. The third-order valence-corrected chi connectivity index (χ3v) is 7.94. The maximum absolute atomic E-state index is 13.4. The Morgan fingerprint density at radius 2 is 1.70 bits per heavy atom. The lowest BCUT2D eigenvalue weighted by atomic mass is 9.69. The molecule has 2 fully saturated rings. The topological polar surface area (TPSA) is 33.2 Å². The van der Waals surface area contributed by atoms with Gasteiger partial charge in [0.15, 0.2) is 0 Å². The molecule has 0 radical (unpaired) electrons. The van der Waals surface area contributed by atoms with E-state index in [0.29, 0.717) is 34.6 Å². The Morgan fingerprint density at radius 1 is 0.970 bits per heavy atom. The highest BCUT2D eigenvalue weighted by Gasteiger charge is 2.42. The van der Waals surface area contributed by atoms with Crippen LogP contribution in [0, 0.1) is 5.92 Å². The second-order valence-corrected chi connectivity index (χ2v) is 9.79. The number of halogens is 3. The molecule has 0 spiro atoms. The van der Waals surface area contributed by atoms with E-state index in [-0.39, 0.29) is 11.9 Å². The molecular weight excluding hydrogens is 445 g/mol. The van der Waals surface area contributed by atoms with Crippen molar-refractivity contribution in [3.05, 3.63) is 76.8 Å². The molecule has 3 aromatic rings. The molecule has 3 atom stereocenters. The van der Waals surface area contributed by atoms with Crippen LogP contribution < -0.4 is 0 Å². The van der Waals surface area contributed by atoms with Crippen LogP contribution in [0.25, 0.3) is 10.6 Å². The van der Waals surface area contributed by atoms with Crippen molar-refractivity contribution >= 4 is 17.2 Å². The number of hydrogen-bond donors (Lipinski definition) is 0. The van der Waals surface area contributed by atoms with Crippen LogP contribution in [0.3, 0.4) is 0 Å². The van der Waals surface area contributed by atoms with Crippen molar-refractivity contribution in [2.45, 2.75) is 50.2 Å². The number of fused-ring (bicyclic) bond motifs is 1. The summed E-state index contributed by atoms with van der Waals surface area (Å²) in [6.07, 6.45) is 1.02. The summed E-state index contributed by atoms with van der Waals surface area (Å²) in [5.41, 5.74) is 1.64. The smallest absolute Gasteiger partial charge is 0.334 e. The van der Waals surface area contributed by atoms with Gasteiger partial charge in [0.1, 0.15) is 10.7 Å². The molecule has 0 N–H and O–H groups in total. The van der Waals surface area contributed by atoms with Crippen molar-refractivity contribution in [3.8, 4) is 10.6 Å². The number of alkyl halides is 3. The van der Waals surface area contributed by atoms with Gasteiger partial charge in [-0.15, -0.1) is 11.3 Å². The van der Waals surface area contributed by atoms with Crippen molar-refractivity contribution in [1.29, 1.82) is 0 Å². The normalized spacial score (nSPS) is 23.2. The van der Waals surface area contributed by atoms with E-state index in [1.54, 1.807) is 5.38 Å². The van der Waals surface area contributed by atoms with Gasteiger partial charge in [0.25, 0.3) is 5.91 Å². The fourth-order valence-electron chi connectivity index (χ4n) is 5.47. The highest BCUT2D eigenvalue weighted by atomic mass is 32.1. The van der Waals surface area contributed by atoms with Gasteiger partial charge in [-0.2, -0.15) is 13.2 Å². The largest absolute Gasteiger partial charge is 0.416 e. The minimum absolute atomic E-state index is 0.0622. The number of carbonyl (C=O) groups excluding carboxylic acids is 1. The van der Waals surface area contributed by atoms with Crippen LogP contribution in [0.5, 0.6) is 0 Å². The zero-order valence-electron chi connectivity index (χ0n) is 18.1. The number of likely N-dealkylation sites (tertiary alicyclic amines) is 1. The van der Waals surface area contributed by atoms with Gasteiger partial charge in [-0.25, -0.2) is 4.98 Å². The molecule has 1 amide bonds. The molecule has 0 unspecified atom stereocenters. The van der Waals surface area contributed by atoms with E-state index < -0.39 is 11.7 Å². The van der Waals surface area contributed by atoms with Gasteiger partial charge in [-0.05, 0) is 48.8 Å². The van der Waals surface area contributed by atoms with Gasteiger partial charge in [-0.1, -0.05) is 55.3 Å². The van der Waals surface area contributed by atoms with Crippen LogP contribution in [-0.2, 0) is 6.18 Å². The molecular formula is C26H25F3N2OS. The first-order valence-corrected chi connectivity index (χ1v) is 12.3. The highest BCUT2D eigenvalue weighted by Crippen LogP contribution is 2.44. The monoisotopic (exact) mass is 470 g/mol. The van der Waals surface area contributed by atoms with Crippen molar-refractivity contribution in [3.63, 3.8) is 0 Å². The van der Waals surface area contributed by atoms with Crippen LogP contribution in [0.1, 0.15) is 59.6 Å². The van der Waals surface area contributed by atoms with Crippen LogP contribution >= 0.6 is 11.3 Å². The molecule has 1 aliphatic carbocycles. The molecule has 5 rings (SSSR count). The average Bonchev–Trinajstić information content (AvgIpc) is 3.33. The van der Waals surface area contributed by atoms with Gasteiger partial charge in [-0.3, -0.25) is 4.79 Å². The van der Waals surface area contributed by atoms with E-state index in [9.17, 15) is 18.0 Å². The number of rotatable bonds is 3. The Morgan fingerprint density at radius 3 is 2.42 bits per heavy atom. The molecule has 1 saturated carbocycles. The van der Waals surface area contributed by atoms with Crippen LogP contribution in [0.15, 0.2) is 60.0 Å². The van der Waals surface area contributed by atoms with E-state index in [1.807, 2.05) is 11.0 Å². The van der Waals surface area contributed by atoms with E-state index in [4.69, 9.17) is 0 Å². The molecule has 1 saturated heterocycles. The summed E-state index contributed by atoms with van der Waals surface area (Å²) < 4.78 is 38.5. The molecule has 2 aliphatic rings. The summed E-state index contributed by atoms with van der Waals surface area (Å²) in [7, 11) is 0. The molecule has 2 aromatic carbocycles. The van der Waals surface area contributed by atoms with Crippen LogP contribution in [0.2, 0.25) is 0 Å². The molecule has 1 aliphatic heterocycles. The molecule has 7 heteroatoms. The maximum Gasteiger partial charge on any atom is 0.416 e. The lowest BCUT2D eigenvalue weighted by Gasteiger charge is -2.48. The van der Waals surface area contributed by atoms with Gasteiger partial charge < -0.3 is 4.90 Å². The Balaban J connectivity index is 1.35. The number of nitrogens with zero attached hydrogens (tertiary/aromatic N) is 2. The molecule has 2 heterocycles. The Labute approximate surface area is 195 Å². The second kappa shape index (κ2) is 8.93. The molecule has 1 aromatic heterocycles. The maximum atomic E-state index is 13.4. The zero-order valence-corrected chi connectivity index (χ0v) is 18.9. The SMILES string of the molecule is O=C(c1csc(-c2ccc(C(F)(F)F)cc2)n1)N1CC[C@H](c2ccccc2)[C@H]2CCCC[C@H]21. The fraction of sp³-hybridized carbons (Fsp3) is 0.385. The predicted octanol–water partition coefficient (Wildman–Crippen LogP) is 7.02. The third kappa shape index (κ3) is 4.43. The third-order valence-electron chi connectivity index (χ3n) is 7.05. The number of benzene rings is 2. The molecule has 0 bridgehead atoms. The number of piperidine rings is 1. The number of aromatic nitrogens is 1. The van der Waals surface area contributed by atoms with E-state index in [0.717, 1.165) is 37.8 Å². The minimum atomic E-state index is -4.37. The highest BCUT2D eigenvalue weighted by molar-refractivity contribution is 7.13. The number of amides is 1. The van der Waals surface area contributed by atoms with Crippen molar-refractivity contribution in [2.75, 3.05) is 6.54 Å². The summed E-state index contributed by atoms with van der Waals surface area (Å²) >= 11 is 1.30. The van der Waals surface area contributed by atoms with Gasteiger partial charge >= 0.3 is 6.18 Å². The predicted molar refractivity (Wildman–Crippen MR) is 123 cm³/mol. The summed E-state index contributed by atoms with van der Waals surface area (Å²) in [5, 5.41) is 2.29. The quantitative estimate of drug-likeness (QED) is 0.412. The van der Waals surface area contributed by atoms with Crippen molar-refractivity contribution in [1.82, 2.24) is 9.88 Å². The fourth-order valence-corrected chi connectivity index (χ4v) is 6.27. The lowest BCUT2D eigenvalue weighted by molar-refractivity contribution is -0.137. The summed E-state index contributed by atoms with van der Waals surface area (Å²) in [6.45, 7) is 0.701. The summed E-state index contributed by atoms with van der Waals surface area (Å²) in [6, 6.07) is 15.8. The van der Waals surface area contributed by atoms with Gasteiger partial charge in [0.05, 0.1) is 5.56 Å². The second-order valence-electron chi connectivity index (χ2n) is 8.93. The van der Waals surface area contributed by atoms with Crippen LogP contribution in [-0.4, -0.2) is 28.4 Å². The van der Waals surface area contributed by atoms with Crippen molar-refractivity contribution < 1.29 is 18.0 Å². The number of thiazole rings is 1. The first-order valence-electron chi connectivity index (χ1n) is 11.4. The Kier molecular flexibility index (Phi) is 5.99. The summed E-state index contributed by atoms with van der Waals surface area (Å²) in [4.78, 5) is 20.0. The number of hydrogen-bond acceptors (Lipinski definition) is 3. The number of carbonyl (C=O) groups is 1. The van der Waals surface area contributed by atoms with E-state index in [1.165, 1.54) is 35.5 Å². The zero-order chi connectivity index (χ0) is 23.0. The van der Waals surface area contributed by atoms with Crippen LogP contribution in [0.4, 0.5) is 13.2 Å². The van der Waals surface area contributed by atoms with E-state index in [2.05, 4.69) is 29.2 Å². The van der Waals surface area contributed by atoms with Gasteiger partial charge in [0, 0.05) is 23.5 Å². The van der Waals surface area contributed by atoms with E-state index >= 15 is 0 Å². The lowest BCUT2D eigenvalue weighted by Crippen LogP contribution is -2.52. The molecule has 3 nitrogen and oxygen atoms in total. The summed E-state index contributed by atoms with van der Waals surface area (Å²) in [5.74, 6) is 0.860. The first kappa shape index (κ1) is 22.1. The molecule has 172 valence electrons. The van der Waals surface area contributed by atoms with Gasteiger partial charge in [0.2, 0.25) is 0 Å². The standard InChI is InChI=1S/C26H25F3N2OS/c27-26(28,29)19-12-10-18(11-13-19)24-30-22(16-33-24)25(32)31-15-14-20(17-6-2-1-3-7-17)21-8-4-5-9-23(21)31/h1-3,6-7,10-13,16,20-21,23H,4-5,8-9,14-15H2/t20-,21-,23-/m1/s1. The first-order chi connectivity index (χ1) is 15.9. The average molecular weight is 471 g/mol. The Bertz CT molecular complexity index is 1110. The Hall–Kier alpha value is -2.67.